The molecule has 1 fully saturated rings. The van der Waals surface area contributed by atoms with Crippen molar-refractivity contribution in [3.8, 4) is 0 Å². The number of anilines is 1. The number of amides is 3. The molecule has 2 heterocycles. The van der Waals surface area contributed by atoms with Gasteiger partial charge in [-0.3, -0.25) is 0 Å². The molecule has 182 valence electrons. The molecule has 2 aliphatic heterocycles. The number of benzene rings is 2. The van der Waals surface area contributed by atoms with Crippen LogP contribution in [0.4, 0.5) is 28.4 Å². The summed E-state index contributed by atoms with van der Waals surface area (Å²) in [7, 11) is 0. The van der Waals surface area contributed by atoms with Gasteiger partial charge < -0.3 is 19.9 Å². The van der Waals surface area contributed by atoms with Crippen molar-refractivity contribution >= 4 is 17.8 Å². The van der Waals surface area contributed by atoms with E-state index in [1.165, 1.54) is 4.90 Å². The third-order valence-electron chi connectivity index (χ3n) is 6.13. The smallest absolute Gasteiger partial charge is 0.410 e. The normalized spacial score (nSPS) is 16.4. The molecule has 9 heteroatoms. The van der Waals surface area contributed by atoms with Crippen LogP contribution < -0.4 is 5.32 Å². The first kappa shape index (κ1) is 23.9. The van der Waals surface area contributed by atoms with Gasteiger partial charge in [0.2, 0.25) is 0 Å². The minimum absolute atomic E-state index is 0.00196. The highest BCUT2D eigenvalue weighted by atomic mass is 19.2. The monoisotopic (exact) mass is 475 g/mol. The maximum atomic E-state index is 14.0. The van der Waals surface area contributed by atoms with E-state index in [0.717, 1.165) is 24.5 Å². The number of halogens is 3. The van der Waals surface area contributed by atoms with E-state index in [1.54, 1.807) is 17.0 Å². The molecule has 0 aromatic heterocycles. The van der Waals surface area contributed by atoms with Gasteiger partial charge in [0.05, 0.1) is 6.54 Å². The molecule has 2 aromatic carbocycles. The molecule has 4 rings (SSSR count). The number of carbonyl (C=O) groups is 2. The van der Waals surface area contributed by atoms with Crippen molar-refractivity contribution in [3.63, 3.8) is 0 Å². The third kappa shape index (κ3) is 5.13. The van der Waals surface area contributed by atoms with E-state index < -0.39 is 29.1 Å². The van der Waals surface area contributed by atoms with E-state index in [4.69, 9.17) is 4.74 Å². The molecular weight excluding hydrogens is 447 g/mol. The SMILES string of the molecule is CC(C)(C)OC(=O)N1CCC(c2ccc(NC(=O)N3Cc4cc(F)c(F)c(F)c4C3)cc2)CC1. The molecule has 0 saturated carbocycles. The predicted molar refractivity (Wildman–Crippen MR) is 121 cm³/mol. The number of nitrogens with zero attached hydrogens (tertiary/aromatic N) is 2. The van der Waals surface area contributed by atoms with Crippen LogP contribution in [0, 0.1) is 17.5 Å². The van der Waals surface area contributed by atoms with Crippen LogP contribution in [-0.2, 0) is 17.8 Å². The second-order valence-electron chi connectivity index (χ2n) is 9.77. The molecule has 0 atom stereocenters. The van der Waals surface area contributed by atoms with E-state index in [0.29, 0.717) is 24.7 Å². The zero-order valence-electron chi connectivity index (χ0n) is 19.5. The van der Waals surface area contributed by atoms with E-state index >= 15 is 0 Å². The summed E-state index contributed by atoms with van der Waals surface area (Å²) in [5.41, 5.74) is 1.42. The van der Waals surface area contributed by atoms with Crippen LogP contribution in [0.15, 0.2) is 30.3 Å². The maximum absolute atomic E-state index is 14.0. The molecule has 2 aromatic rings. The van der Waals surface area contributed by atoms with Gasteiger partial charge in [0.1, 0.15) is 5.60 Å². The van der Waals surface area contributed by atoms with Gasteiger partial charge in [0, 0.05) is 30.9 Å². The first-order valence-electron chi connectivity index (χ1n) is 11.3. The van der Waals surface area contributed by atoms with Crippen LogP contribution in [0.25, 0.3) is 0 Å². The van der Waals surface area contributed by atoms with E-state index in [2.05, 4.69) is 5.32 Å². The Labute approximate surface area is 196 Å². The van der Waals surface area contributed by atoms with E-state index in [-0.39, 0.29) is 30.3 Å². The van der Waals surface area contributed by atoms with Crippen LogP contribution in [0.2, 0.25) is 0 Å². The van der Waals surface area contributed by atoms with Crippen molar-refractivity contribution in [1.82, 2.24) is 9.80 Å². The van der Waals surface area contributed by atoms with Crippen molar-refractivity contribution in [3.05, 3.63) is 64.5 Å². The fourth-order valence-electron chi connectivity index (χ4n) is 4.35. The van der Waals surface area contributed by atoms with Crippen LogP contribution in [0.3, 0.4) is 0 Å². The lowest BCUT2D eigenvalue weighted by Crippen LogP contribution is -2.41. The number of hydrogen-bond acceptors (Lipinski definition) is 3. The second-order valence-corrected chi connectivity index (χ2v) is 9.77. The van der Waals surface area contributed by atoms with Crippen LogP contribution in [0.1, 0.15) is 56.2 Å². The Morgan fingerprint density at radius 1 is 0.971 bits per heavy atom. The lowest BCUT2D eigenvalue weighted by atomic mass is 9.89. The summed E-state index contributed by atoms with van der Waals surface area (Å²) in [5.74, 6) is -3.73. The summed E-state index contributed by atoms with van der Waals surface area (Å²) in [4.78, 5) is 27.9. The zero-order valence-corrected chi connectivity index (χ0v) is 19.5. The average Bonchev–Trinajstić information content (AvgIpc) is 3.21. The number of ether oxygens (including phenoxy) is 1. The molecule has 3 amide bonds. The van der Waals surface area contributed by atoms with Gasteiger partial charge in [-0.25, -0.2) is 22.8 Å². The third-order valence-corrected chi connectivity index (χ3v) is 6.13. The van der Waals surface area contributed by atoms with Gasteiger partial charge in [0.25, 0.3) is 0 Å². The minimum Gasteiger partial charge on any atom is -0.444 e. The van der Waals surface area contributed by atoms with Crippen molar-refractivity contribution < 1.29 is 27.5 Å². The first-order chi connectivity index (χ1) is 16.0. The minimum atomic E-state index is -1.52. The number of nitrogens with one attached hydrogen (secondary N) is 1. The molecule has 1 N–H and O–H groups in total. The average molecular weight is 476 g/mol. The summed E-state index contributed by atoms with van der Waals surface area (Å²) >= 11 is 0. The summed E-state index contributed by atoms with van der Waals surface area (Å²) in [5, 5.41) is 2.75. The lowest BCUT2D eigenvalue weighted by Gasteiger charge is -2.33. The highest BCUT2D eigenvalue weighted by Crippen LogP contribution is 2.31. The van der Waals surface area contributed by atoms with Crippen molar-refractivity contribution in [2.24, 2.45) is 0 Å². The van der Waals surface area contributed by atoms with Gasteiger partial charge in [-0.2, -0.15) is 0 Å². The van der Waals surface area contributed by atoms with Crippen LogP contribution in [0.5, 0.6) is 0 Å². The molecule has 0 unspecified atom stereocenters. The van der Waals surface area contributed by atoms with E-state index in [1.807, 2.05) is 32.9 Å². The quantitative estimate of drug-likeness (QED) is 0.562. The molecule has 0 spiro atoms. The van der Waals surface area contributed by atoms with E-state index in [9.17, 15) is 22.8 Å². The Morgan fingerprint density at radius 2 is 1.62 bits per heavy atom. The first-order valence-corrected chi connectivity index (χ1v) is 11.3. The molecule has 2 aliphatic rings. The molecule has 0 radical (unpaired) electrons. The molecular formula is C25H28F3N3O3. The maximum Gasteiger partial charge on any atom is 0.410 e. The summed E-state index contributed by atoms with van der Waals surface area (Å²) in [6, 6.07) is 7.91. The molecule has 6 nitrogen and oxygen atoms in total. The Bertz CT molecular complexity index is 1090. The fourth-order valence-corrected chi connectivity index (χ4v) is 4.35. The topological polar surface area (TPSA) is 61.9 Å². The molecule has 0 bridgehead atoms. The van der Waals surface area contributed by atoms with Crippen LogP contribution >= 0.6 is 0 Å². The van der Waals surface area contributed by atoms with Crippen molar-refractivity contribution in [1.29, 1.82) is 0 Å². The van der Waals surface area contributed by atoms with Crippen molar-refractivity contribution in [2.75, 3.05) is 18.4 Å². The number of urea groups is 1. The Kier molecular flexibility index (Phi) is 6.47. The standard InChI is InChI=1S/C25H28F3N3O3/c1-25(2,3)34-24(33)30-10-8-16(9-11-30)15-4-6-18(7-5-15)29-23(32)31-13-17-12-20(26)22(28)21(27)19(17)14-31/h4-7,12,16H,8-11,13-14H2,1-3H3,(H,29,32). The lowest BCUT2D eigenvalue weighted by molar-refractivity contribution is 0.0205. The van der Waals surface area contributed by atoms with Gasteiger partial charge in [-0.15, -0.1) is 0 Å². The van der Waals surface area contributed by atoms with Gasteiger partial charge in [0.15, 0.2) is 17.5 Å². The molecule has 0 aliphatic carbocycles. The van der Waals surface area contributed by atoms with Gasteiger partial charge in [-0.1, -0.05) is 12.1 Å². The zero-order chi connectivity index (χ0) is 24.6. The highest BCUT2D eigenvalue weighted by molar-refractivity contribution is 5.89. The number of fused-ring (bicyclic) bond motifs is 1. The highest BCUT2D eigenvalue weighted by Gasteiger charge is 2.30. The predicted octanol–water partition coefficient (Wildman–Crippen LogP) is 5.77. The largest absolute Gasteiger partial charge is 0.444 e. The van der Waals surface area contributed by atoms with Gasteiger partial charge in [-0.05, 0) is 68.9 Å². The number of rotatable bonds is 2. The molecule has 34 heavy (non-hydrogen) atoms. The Morgan fingerprint density at radius 3 is 2.24 bits per heavy atom. The number of carbonyl (C=O) groups excluding carboxylic acids is 2. The van der Waals surface area contributed by atoms with Crippen molar-refractivity contribution in [2.45, 2.75) is 58.2 Å². The second kappa shape index (κ2) is 9.19. The summed E-state index contributed by atoms with van der Waals surface area (Å²) in [6.45, 7) is 6.65. The van der Waals surface area contributed by atoms with Crippen LogP contribution in [-0.4, -0.2) is 40.6 Å². The fraction of sp³-hybridized carbons (Fsp3) is 0.440. The van der Waals surface area contributed by atoms with Gasteiger partial charge >= 0.3 is 12.1 Å². The Hall–Kier alpha value is -3.23. The number of hydrogen-bond donors (Lipinski definition) is 1. The molecule has 1 saturated heterocycles. The summed E-state index contributed by atoms with van der Waals surface area (Å²) in [6.07, 6.45) is 1.34. The summed E-state index contributed by atoms with van der Waals surface area (Å²) < 4.78 is 46.4. The number of likely N-dealkylation sites (tertiary alicyclic amines) is 1. The number of piperidine rings is 1. The Balaban J connectivity index is 1.31.